The molecule has 4 heterocycles. The van der Waals surface area contributed by atoms with Gasteiger partial charge in [0.2, 0.25) is 5.95 Å². The molecule has 0 unspecified atom stereocenters. The quantitative estimate of drug-likeness (QED) is 0.361. The van der Waals surface area contributed by atoms with E-state index in [9.17, 15) is 0 Å². The molecule has 1 aliphatic rings. The summed E-state index contributed by atoms with van der Waals surface area (Å²) in [5.41, 5.74) is 7.16. The standard InChI is InChI=1S/C28H28N6O/c1-19-16-34(13-12-29-19)22-9-7-21(8-10-22)31-28-30-15-24(20-11-14-35-18-20)27(32-28)25-17-33(2)26-6-4-3-5-23(25)26/h3-11,14-15,17-19,29H,12-13,16H2,1-2H3,(H,30,31,32)/t19-/m0/s1. The molecular weight excluding hydrogens is 436 g/mol. The lowest BCUT2D eigenvalue weighted by atomic mass is 10.0. The predicted molar refractivity (Wildman–Crippen MR) is 141 cm³/mol. The van der Waals surface area contributed by atoms with Gasteiger partial charge in [-0.05, 0) is 43.3 Å². The molecule has 6 rings (SSSR count). The van der Waals surface area contributed by atoms with E-state index < -0.39 is 0 Å². The number of piperazine rings is 1. The Balaban J connectivity index is 1.35. The van der Waals surface area contributed by atoms with E-state index in [1.54, 1.807) is 12.5 Å². The van der Waals surface area contributed by atoms with Crippen LogP contribution in [-0.2, 0) is 7.05 Å². The maximum absolute atomic E-state index is 5.36. The molecule has 176 valence electrons. The van der Waals surface area contributed by atoms with Gasteiger partial charge in [-0.15, -0.1) is 0 Å². The molecule has 2 N–H and O–H groups in total. The Bertz CT molecular complexity index is 1460. The van der Waals surface area contributed by atoms with Gasteiger partial charge in [0.25, 0.3) is 0 Å². The number of hydrogen-bond donors (Lipinski definition) is 2. The normalized spacial score (nSPS) is 16.1. The average molecular weight is 465 g/mol. The lowest BCUT2D eigenvalue weighted by molar-refractivity contribution is 0.485. The molecule has 0 spiro atoms. The minimum atomic E-state index is 0.496. The summed E-state index contributed by atoms with van der Waals surface area (Å²) in [7, 11) is 2.06. The van der Waals surface area contributed by atoms with Crippen LogP contribution in [0.15, 0.2) is 83.9 Å². The van der Waals surface area contributed by atoms with Gasteiger partial charge in [0.1, 0.15) is 0 Å². The summed E-state index contributed by atoms with van der Waals surface area (Å²) in [5, 5.41) is 8.04. The highest BCUT2D eigenvalue weighted by atomic mass is 16.3. The monoisotopic (exact) mass is 464 g/mol. The summed E-state index contributed by atoms with van der Waals surface area (Å²) in [6.07, 6.45) is 7.41. The molecule has 0 aliphatic carbocycles. The lowest BCUT2D eigenvalue weighted by Crippen LogP contribution is -2.49. The fourth-order valence-electron chi connectivity index (χ4n) is 4.86. The topological polar surface area (TPSA) is 71.1 Å². The van der Waals surface area contributed by atoms with Gasteiger partial charge in [-0.3, -0.25) is 0 Å². The van der Waals surface area contributed by atoms with Gasteiger partial charge >= 0.3 is 0 Å². The van der Waals surface area contributed by atoms with Crippen molar-refractivity contribution in [1.29, 1.82) is 0 Å². The number of aromatic nitrogens is 3. The van der Waals surface area contributed by atoms with Crippen molar-refractivity contribution < 1.29 is 4.42 Å². The van der Waals surface area contributed by atoms with Crippen molar-refractivity contribution in [2.75, 3.05) is 29.9 Å². The number of furan rings is 1. The van der Waals surface area contributed by atoms with Gasteiger partial charge in [0, 0.05) is 84.1 Å². The SMILES string of the molecule is C[C@H]1CN(c2ccc(Nc3ncc(-c4ccoc4)c(-c4cn(C)c5ccccc45)n3)cc2)CCN1. The maximum atomic E-state index is 5.36. The van der Waals surface area contributed by atoms with Gasteiger partial charge in [0.05, 0.1) is 18.2 Å². The van der Waals surface area contributed by atoms with Gasteiger partial charge in [-0.25, -0.2) is 9.97 Å². The van der Waals surface area contributed by atoms with Crippen molar-refractivity contribution in [3.8, 4) is 22.4 Å². The summed E-state index contributed by atoms with van der Waals surface area (Å²) in [5.74, 6) is 0.559. The summed E-state index contributed by atoms with van der Waals surface area (Å²) >= 11 is 0. The van der Waals surface area contributed by atoms with Crippen molar-refractivity contribution in [1.82, 2.24) is 19.9 Å². The molecule has 7 heteroatoms. The molecule has 1 aliphatic heterocycles. The van der Waals surface area contributed by atoms with Crippen LogP contribution in [0.1, 0.15) is 6.92 Å². The van der Waals surface area contributed by atoms with Gasteiger partial charge < -0.3 is 24.5 Å². The van der Waals surface area contributed by atoms with Crippen molar-refractivity contribution in [3.05, 3.63) is 79.5 Å². The first-order valence-corrected chi connectivity index (χ1v) is 12.0. The van der Waals surface area contributed by atoms with Crippen LogP contribution in [0.2, 0.25) is 0 Å². The molecule has 0 bridgehead atoms. The number of rotatable bonds is 5. The number of hydrogen-bond acceptors (Lipinski definition) is 6. The molecule has 0 radical (unpaired) electrons. The summed E-state index contributed by atoms with van der Waals surface area (Å²) < 4.78 is 7.50. The Morgan fingerprint density at radius 1 is 1.06 bits per heavy atom. The zero-order valence-corrected chi connectivity index (χ0v) is 19.9. The Morgan fingerprint density at radius 3 is 2.71 bits per heavy atom. The predicted octanol–water partition coefficient (Wildman–Crippen LogP) is 5.44. The molecular formula is C28H28N6O. The molecule has 1 fully saturated rings. The highest BCUT2D eigenvalue weighted by molar-refractivity contribution is 5.98. The highest BCUT2D eigenvalue weighted by Crippen LogP contribution is 2.36. The molecule has 7 nitrogen and oxygen atoms in total. The summed E-state index contributed by atoms with van der Waals surface area (Å²) in [6, 6.07) is 19.3. The molecule has 0 amide bonds. The number of anilines is 3. The minimum absolute atomic E-state index is 0.496. The Hall–Kier alpha value is -4.10. The zero-order chi connectivity index (χ0) is 23.8. The van der Waals surface area contributed by atoms with Crippen LogP contribution in [0.4, 0.5) is 17.3 Å². The van der Waals surface area contributed by atoms with Gasteiger partial charge in [0.15, 0.2) is 0 Å². The summed E-state index contributed by atoms with van der Waals surface area (Å²) in [4.78, 5) is 12.0. The minimum Gasteiger partial charge on any atom is -0.472 e. The van der Waals surface area contributed by atoms with Crippen LogP contribution in [0.5, 0.6) is 0 Å². The summed E-state index contributed by atoms with van der Waals surface area (Å²) in [6.45, 7) is 5.26. The average Bonchev–Trinajstić information content (AvgIpc) is 3.53. The number of benzene rings is 2. The number of nitrogens with one attached hydrogen (secondary N) is 2. The van der Waals surface area contributed by atoms with Gasteiger partial charge in [-0.2, -0.15) is 0 Å². The van der Waals surface area contributed by atoms with Crippen molar-refractivity contribution >= 4 is 28.2 Å². The maximum Gasteiger partial charge on any atom is 0.227 e. The van der Waals surface area contributed by atoms with Crippen LogP contribution in [-0.4, -0.2) is 40.2 Å². The molecule has 1 atom stereocenters. The fraction of sp³-hybridized carbons (Fsp3) is 0.214. The third-order valence-electron chi connectivity index (χ3n) is 6.63. The molecule has 2 aromatic carbocycles. The first kappa shape index (κ1) is 21.4. The van der Waals surface area contributed by atoms with E-state index in [-0.39, 0.29) is 0 Å². The largest absolute Gasteiger partial charge is 0.472 e. The molecule has 3 aromatic heterocycles. The van der Waals surface area contributed by atoms with E-state index in [0.717, 1.165) is 58.6 Å². The van der Waals surface area contributed by atoms with E-state index in [2.05, 4.69) is 93.8 Å². The first-order chi connectivity index (χ1) is 17.2. The van der Waals surface area contributed by atoms with E-state index >= 15 is 0 Å². The third kappa shape index (κ3) is 4.15. The van der Waals surface area contributed by atoms with Gasteiger partial charge in [-0.1, -0.05) is 18.2 Å². The Labute approximate surface area is 204 Å². The number of aryl methyl sites for hydroxylation is 1. The van der Waals surface area contributed by atoms with Crippen LogP contribution in [0.25, 0.3) is 33.3 Å². The van der Waals surface area contributed by atoms with E-state index in [1.165, 1.54) is 5.69 Å². The third-order valence-corrected chi connectivity index (χ3v) is 6.63. The van der Waals surface area contributed by atoms with Crippen LogP contribution in [0, 0.1) is 0 Å². The van der Waals surface area contributed by atoms with E-state index in [4.69, 9.17) is 9.40 Å². The smallest absolute Gasteiger partial charge is 0.227 e. The number of nitrogens with zero attached hydrogens (tertiary/aromatic N) is 4. The van der Waals surface area contributed by atoms with E-state index in [1.807, 2.05) is 12.3 Å². The van der Waals surface area contributed by atoms with Crippen LogP contribution in [0.3, 0.4) is 0 Å². The number of para-hydroxylation sites is 1. The fourth-order valence-corrected chi connectivity index (χ4v) is 4.86. The van der Waals surface area contributed by atoms with Crippen molar-refractivity contribution in [3.63, 3.8) is 0 Å². The van der Waals surface area contributed by atoms with Crippen LogP contribution < -0.4 is 15.5 Å². The molecule has 1 saturated heterocycles. The number of fused-ring (bicyclic) bond motifs is 1. The van der Waals surface area contributed by atoms with Crippen molar-refractivity contribution in [2.45, 2.75) is 13.0 Å². The Morgan fingerprint density at radius 2 is 1.91 bits per heavy atom. The molecule has 35 heavy (non-hydrogen) atoms. The highest BCUT2D eigenvalue weighted by Gasteiger charge is 2.18. The Kier molecular flexibility index (Phi) is 5.47. The van der Waals surface area contributed by atoms with E-state index in [0.29, 0.717) is 12.0 Å². The lowest BCUT2D eigenvalue weighted by Gasteiger charge is -2.33. The molecule has 5 aromatic rings. The van der Waals surface area contributed by atoms with Crippen LogP contribution >= 0.6 is 0 Å². The second kappa shape index (κ2) is 8.92. The van der Waals surface area contributed by atoms with Crippen molar-refractivity contribution in [2.24, 2.45) is 7.05 Å². The second-order valence-corrected chi connectivity index (χ2v) is 9.11. The molecule has 0 saturated carbocycles. The first-order valence-electron chi connectivity index (χ1n) is 12.0. The second-order valence-electron chi connectivity index (χ2n) is 9.11. The zero-order valence-electron chi connectivity index (χ0n) is 19.9.